The van der Waals surface area contributed by atoms with Crippen LogP contribution in [0, 0.1) is 5.92 Å². The fraction of sp³-hybridized carbons (Fsp3) is 0.588. The fourth-order valence-electron chi connectivity index (χ4n) is 2.98. The molecule has 114 valence electrons. The van der Waals surface area contributed by atoms with Crippen molar-refractivity contribution in [2.24, 2.45) is 5.92 Å². The molecule has 1 saturated carbocycles. The number of amides is 1. The van der Waals surface area contributed by atoms with Gasteiger partial charge in [0.15, 0.2) is 0 Å². The van der Waals surface area contributed by atoms with Crippen LogP contribution in [0.2, 0.25) is 0 Å². The average molecular weight is 289 g/mol. The van der Waals surface area contributed by atoms with Crippen molar-refractivity contribution in [1.29, 1.82) is 0 Å². The summed E-state index contributed by atoms with van der Waals surface area (Å²) in [5.74, 6) is 1.49. The van der Waals surface area contributed by atoms with E-state index in [0.717, 1.165) is 38.1 Å². The number of hydrogen-bond donors (Lipinski definition) is 0. The molecule has 0 radical (unpaired) electrons. The highest BCUT2D eigenvalue weighted by Crippen LogP contribution is 2.29. The fourth-order valence-corrected chi connectivity index (χ4v) is 2.98. The summed E-state index contributed by atoms with van der Waals surface area (Å²) in [6.07, 6.45) is 4.30. The van der Waals surface area contributed by atoms with Crippen molar-refractivity contribution in [3.8, 4) is 5.75 Å². The van der Waals surface area contributed by atoms with Gasteiger partial charge in [0.2, 0.25) is 5.91 Å². The van der Waals surface area contributed by atoms with Gasteiger partial charge in [0.25, 0.3) is 0 Å². The van der Waals surface area contributed by atoms with E-state index < -0.39 is 0 Å². The van der Waals surface area contributed by atoms with Crippen molar-refractivity contribution >= 4 is 5.91 Å². The number of ether oxygens (including phenoxy) is 2. The lowest BCUT2D eigenvalue weighted by atomic mass is 9.84. The Morgan fingerprint density at radius 3 is 2.71 bits per heavy atom. The van der Waals surface area contributed by atoms with E-state index in [0.29, 0.717) is 12.5 Å². The molecule has 1 amide bonds. The zero-order valence-electron chi connectivity index (χ0n) is 12.6. The lowest BCUT2D eigenvalue weighted by molar-refractivity contribution is -0.145. The van der Waals surface area contributed by atoms with Crippen molar-refractivity contribution < 1.29 is 14.3 Å². The molecule has 1 atom stereocenters. The number of nitrogens with zero attached hydrogens (tertiary/aromatic N) is 1. The van der Waals surface area contributed by atoms with E-state index in [2.05, 4.69) is 12.1 Å². The molecule has 1 aromatic carbocycles. The van der Waals surface area contributed by atoms with Gasteiger partial charge in [-0.2, -0.15) is 0 Å². The molecule has 2 fully saturated rings. The van der Waals surface area contributed by atoms with E-state index in [9.17, 15) is 4.79 Å². The van der Waals surface area contributed by atoms with E-state index in [1.807, 2.05) is 17.0 Å². The average Bonchev–Trinajstić information content (AvgIpc) is 2.46. The van der Waals surface area contributed by atoms with Crippen LogP contribution in [0.5, 0.6) is 5.75 Å². The molecule has 1 aromatic rings. The lowest BCUT2D eigenvalue weighted by Gasteiger charge is -2.37. The molecule has 21 heavy (non-hydrogen) atoms. The predicted octanol–water partition coefficient (Wildman–Crippen LogP) is 2.27. The molecule has 0 N–H and O–H groups in total. The molecular weight excluding hydrogens is 266 g/mol. The summed E-state index contributed by atoms with van der Waals surface area (Å²) in [5, 5.41) is 0. The zero-order valence-corrected chi connectivity index (χ0v) is 12.6. The molecule has 2 aliphatic rings. The minimum absolute atomic E-state index is 0.108. The highest BCUT2D eigenvalue weighted by Gasteiger charge is 2.32. The maximum Gasteiger partial charge on any atom is 0.225 e. The monoisotopic (exact) mass is 289 g/mol. The molecule has 0 spiro atoms. The normalized spacial score (nSPS) is 22.7. The van der Waals surface area contributed by atoms with Crippen LogP contribution in [0.3, 0.4) is 0 Å². The highest BCUT2D eigenvalue weighted by molar-refractivity contribution is 5.79. The van der Waals surface area contributed by atoms with Gasteiger partial charge < -0.3 is 14.4 Å². The summed E-state index contributed by atoms with van der Waals surface area (Å²) < 4.78 is 11.0. The molecule has 4 nitrogen and oxygen atoms in total. The van der Waals surface area contributed by atoms with E-state index in [-0.39, 0.29) is 12.0 Å². The van der Waals surface area contributed by atoms with Crippen LogP contribution in [0.1, 0.15) is 24.8 Å². The number of carbonyl (C=O) groups is 1. The topological polar surface area (TPSA) is 38.8 Å². The van der Waals surface area contributed by atoms with Gasteiger partial charge in [0.05, 0.1) is 19.8 Å². The highest BCUT2D eigenvalue weighted by atomic mass is 16.5. The number of methoxy groups -OCH3 is 1. The number of carbonyl (C=O) groups excluding carboxylic acids is 1. The maximum atomic E-state index is 12.3. The van der Waals surface area contributed by atoms with E-state index in [4.69, 9.17) is 9.47 Å². The van der Waals surface area contributed by atoms with E-state index in [1.54, 1.807) is 7.11 Å². The molecule has 0 bridgehead atoms. The molecule has 1 saturated heterocycles. The summed E-state index contributed by atoms with van der Waals surface area (Å²) in [6.45, 7) is 2.12. The minimum Gasteiger partial charge on any atom is -0.497 e. The molecule has 4 heteroatoms. The molecule has 1 heterocycles. The zero-order chi connectivity index (χ0) is 14.7. The predicted molar refractivity (Wildman–Crippen MR) is 80.4 cm³/mol. The number of morpholine rings is 1. The third-order valence-corrected chi connectivity index (χ3v) is 4.53. The number of benzene rings is 1. The SMILES string of the molecule is COc1ccc(CC2CN(C(=O)C3CCC3)CCO2)cc1. The maximum absolute atomic E-state index is 12.3. The Kier molecular flexibility index (Phi) is 4.44. The van der Waals surface area contributed by atoms with Gasteiger partial charge in [-0.15, -0.1) is 0 Å². The van der Waals surface area contributed by atoms with Gasteiger partial charge in [0, 0.05) is 25.4 Å². The Labute approximate surface area is 126 Å². The Hall–Kier alpha value is -1.55. The first-order chi connectivity index (χ1) is 10.3. The Morgan fingerprint density at radius 2 is 2.10 bits per heavy atom. The third kappa shape index (κ3) is 3.38. The summed E-state index contributed by atoms with van der Waals surface area (Å²) >= 11 is 0. The summed E-state index contributed by atoms with van der Waals surface area (Å²) in [5.41, 5.74) is 1.22. The second-order valence-electron chi connectivity index (χ2n) is 5.96. The van der Waals surface area contributed by atoms with Crippen LogP contribution in [0.15, 0.2) is 24.3 Å². The van der Waals surface area contributed by atoms with Crippen LogP contribution in [0.4, 0.5) is 0 Å². The number of rotatable bonds is 4. The molecule has 3 rings (SSSR count). The van der Waals surface area contributed by atoms with Crippen molar-refractivity contribution in [2.75, 3.05) is 26.8 Å². The summed E-state index contributed by atoms with van der Waals surface area (Å²) in [4.78, 5) is 14.3. The first-order valence-electron chi connectivity index (χ1n) is 7.79. The van der Waals surface area contributed by atoms with Gasteiger partial charge >= 0.3 is 0 Å². The Balaban J connectivity index is 1.56. The van der Waals surface area contributed by atoms with Gasteiger partial charge in [-0.25, -0.2) is 0 Å². The Bertz CT molecular complexity index is 481. The van der Waals surface area contributed by atoms with Crippen LogP contribution >= 0.6 is 0 Å². The summed E-state index contributed by atoms with van der Waals surface area (Å²) in [7, 11) is 1.67. The van der Waals surface area contributed by atoms with Gasteiger partial charge in [0.1, 0.15) is 5.75 Å². The standard InChI is InChI=1S/C17H23NO3/c1-20-15-7-5-13(6-8-15)11-16-12-18(9-10-21-16)17(19)14-3-2-4-14/h5-8,14,16H,2-4,9-12H2,1H3. The second kappa shape index (κ2) is 6.48. The number of hydrogen-bond acceptors (Lipinski definition) is 3. The van der Waals surface area contributed by atoms with Crippen molar-refractivity contribution in [1.82, 2.24) is 4.90 Å². The lowest BCUT2D eigenvalue weighted by Crippen LogP contribution is -2.49. The molecule has 1 aliphatic carbocycles. The van der Waals surface area contributed by atoms with Crippen molar-refractivity contribution in [3.63, 3.8) is 0 Å². The first kappa shape index (κ1) is 14.4. The quantitative estimate of drug-likeness (QED) is 0.853. The van der Waals surface area contributed by atoms with E-state index in [1.165, 1.54) is 12.0 Å². The van der Waals surface area contributed by atoms with Crippen LogP contribution in [-0.2, 0) is 16.0 Å². The summed E-state index contributed by atoms with van der Waals surface area (Å²) in [6, 6.07) is 8.06. The van der Waals surface area contributed by atoms with Crippen LogP contribution in [0.25, 0.3) is 0 Å². The second-order valence-corrected chi connectivity index (χ2v) is 5.96. The van der Waals surface area contributed by atoms with Gasteiger partial charge in [-0.1, -0.05) is 18.6 Å². The molecular formula is C17H23NO3. The van der Waals surface area contributed by atoms with Gasteiger partial charge in [-0.3, -0.25) is 4.79 Å². The van der Waals surface area contributed by atoms with Gasteiger partial charge in [-0.05, 0) is 30.5 Å². The van der Waals surface area contributed by atoms with E-state index >= 15 is 0 Å². The van der Waals surface area contributed by atoms with Crippen LogP contribution < -0.4 is 4.74 Å². The molecule has 1 aliphatic heterocycles. The minimum atomic E-state index is 0.108. The molecule has 0 aromatic heterocycles. The van der Waals surface area contributed by atoms with Crippen LogP contribution in [-0.4, -0.2) is 43.7 Å². The smallest absolute Gasteiger partial charge is 0.225 e. The van der Waals surface area contributed by atoms with Crippen molar-refractivity contribution in [3.05, 3.63) is 29.8 Å². The first-order valence-corrected chi connectivity index (χ1v) is 7.79. The largest absolute Gasteiger partial charge is 0.497 e. The molecule has 1 unspecified atom stereocenters. The van der Waals surface area contributed by atoms with Crippen molar-refractivity contribution in [2.45, 2.75) is 31.8 Å². The Morgan fingerprint density at radius 1 is 1.33 bits per heavy atom. The third-order valence-electron chi connectivity index (χ3n) is 4.53.